The third kappa shape index (κ3) is 1.65. The van der Waals surface area contributed by atoms with Crippen LogP contribution in [0.4, 0.5) is 0 Å². The zero-order valence-electron chi connectivity index (χ0n) is 9.87. The highest BCUT2D eigenvalue weighted by molar-refractivity contribution is 4.86. The number of nitrogens with zero attached hydrogens (tertiary/aromatic N) is 3. The quantitative estimate of drug-likeness (QED) is 0.566. The molecule has 1 unspecified atom stereocenters. The maximum Gasteiger partial charge on any atom is 0.336 e. The molecule has 0 aromatic carbocycles. The first kappa shape index (κ1) is 11.4. The van der Waals surface area contributed by atoms with Gasteiger partial charge in [0.15, 0.2) is 0 Å². The summed E-state index contributed by atoms with van der Waals surface area (Å²) < 4.78 is 13.1. The Hall–Kier alpha value is -1.67. The molecule has 0 spiro atoms. The maximum absolute atomic E-state index is 12.2. The lowest BCUT2D eigenvalue weighted by Crippen LogP contribution is -2.57. The van der Waals surface area contributed by atoms with Crippen LogP contribution in [0.15, 0.2) is 14.4 Å². The Balaban J connectivity index is 2.18. The number of rotatable bonds is 3. The van der Waals surface area contributed by atoms with Crippen LogP contribution in [0.3, 0.4) is 0 Å². The molecule has 1 aromatic rings. The zero-order valence-corrected chi connectivity index (χ0v) is 9.87. The first-order valence-electron chi connectivity index (χ1n) is 5.71. The van der Waals surface area contributed by atoms with Gasteiger partial charge in [0, 0.05) is 7.05 Å². The molecule has 1 aromatic heterocycles. The van der Waals surface area contributed by atoms with E-state index in [4.69, 9.17) is 9.47 Å². The normalized spacial score (nSPS) is 22.8. The largest absolute Gasteiger partial charge is 0.377 e. The Bertz CT molecular complexity index is 647. The minimum absolute atomic E-state index is 0.0982. The second-order valence-electron chi connectivity index (χ2n) is 4.53. The fourth-order valence-electron chi connectivity index (χ4n) is 1.94. The molecule has 2 aliphatic heterocycles. The van der Waals surface area contributed by atoms with E-state index in [0.717, 1.165) is 13.7 Å². The summed E-state index contributed by atoms with van der Waals surface area (Å²) >= 11 is 0. The fourth-order valence-corrected chi connectivity index (χ4v) is 1.94. The molecule has 0 N–H and O–H groups in total. The number of epoxide rings is 1. The molecule has 3 rings (SSSR count). The number of ether oxygens (including phenoxy) is 2. The Morgan fingerprint density at radius 1 is 1.11 bits per heavy atom. The van der Waals surface area contributed by atoms with Gasteiger partial charge in [-0.15, -0.1) is 0 Å². The molecule has 98 valence electrons. The Kier molecular flexibility index (Phi) is 2.49. The van der Waals surface area contributed by atoms with Crippen LogP contribution >= 0.6 is 0 Å². The van der Waals surface area contributed by atoms with Crippen LogP contribution in [0.2, 0.25) is 0 Å². The standard InChI is InChI=1S/C10H13N3O5/c1-11-8(14)12(2-7-5-18-7)10(16)13(9(11)15)6-3-17-4-6/h6-7H,2-5H2,1H3. The van der Waals surface area contributed by atoms with Crippen LogP contribution in [0, 0.1) is 0 Å². The van der Waals surface area contributed by atoms with Gasteiger partial charge in [-0.05, 0) is 0 Å². The van der Waals surface area contributed by atoms with Crippen molar-refractivity contribution < 1.29 is 9.47 Å². The molecule has 2 fully saturated rings. The fraction of sp³-hybridized carbons (Fsp3) is 0.700. The molecule has 1 atom stereocenters. The smallest absolute Gasteiger partial charge is 0.336 e. The number of hydrogen-bond donors (Lipinski definition) is 0. The van der Waals surface area contributed by atoms with Crippen molar-refractivity contribution in [3.8, 4) is 0 Å². The molecule has 0 amide bonds. The summed E-state index contributed by atoms with van der Waals surface area (Å²) in [5.74, 6) is 0. The van der Waals surface area contributed by atoms with Crippen LogP contribution in [-0.4, -0.2) is 39.6 Å². The van der Waals surface area contributed by atoms with E-state index in [9.17, 15) is 14.4 Å². The van der Waals surface area contributed by atoms with E-state index in [0.29, 0.717) is 19.8 Å². The highest BCUT2D eigenvalue weighted by atomic mass is 16.6. The van der Waals surface area contributed by atoms with Crippen LogP contribution in [0.25, 0.3) is 0 Å². The minimum Gasteiger partial charge on any atom is -0.377 e. The van der Waals surface area contributed by atoms with E-state index in [1.165, 1.54) is 7.05 Å². The van der Waals surface area contributed by atoms with Gasteiger partial charge in [-0.3, -0.25) is 0 Å². The van der Waals surface area contributed by atoms with Crippen LogP contribution < -0.4 is 17.1 Å². The van der Waals surface area contributed by atoms with Crippen molar-refractivity contribution in [1.82, 2.24) is 13.7 Å². The summed E-state index contributed by atoms with van der Waals surface area (Å²) in [5, 5.41) is 0. The van der Waals surface area contributed by atoms with Crippen molar-refractivity contribution in [2.75, 3.05) is 19.8 Å². The molecule has 0 saturated carbocycles. The maximum atomic E-state index is 12.2. The SMILES string of the molecule is Cn1c(=O)n(CC2CO2)c(=O)n(C2COC2)c1=O. The monoisotopic (exact) mass is 255 g/mol. The predicted molar refractivity (Wildman–Crippen MR) is 59.8 cm³/mol. The van der Waals surface area contributed by atoms with Crippen LogP contribution in [-0.2, 0) is 23.1 Å². The van der Waals surface area contributed by atoms with Gasteiger partial charge in [0.25, 0.3) is 0 Å². The van der Waals surface area contributed by atoms with Gasteiger partial charge in [-0.2, -0.15) is 0 Å². The third-order valence-corrected chi connectivity index (χ3v) is 3.22. The topological polar surface area (TPSA) is 87.8 Å². The predicted octanol–water partition coefficient (Wildman–Crippen LogP) is -2.32. The summed E-state index contributed by atoms with van der Waals surface area (Å²) in [4.78, 5) is 36.0. The van der Waals surface area contributed by atoms with Gasteiger partial charge in [0.2, 0.25) is 0 Å². The molecule has 2 saturated heterocycles. The second kappa shape index (κ2) is 3.92. The molecule has 8 nitrogen and oxygen atoms in total. The van der Waals surface area contributed by atoms with E-state index >= 15 is 0 Å². The lowest BCUT2D eigenvalue weighted by atomic mass is 10.2. The number of hydrogen-bond acceptors (Lipinski definition) is 5. The van der Waals surface area contributed by atoms with E-state index in [2.05, 4.69) is 0 Å². The van der Waals surface area contributed by atoms with Crippen molar-refractivity contribution in [2.45, 2.75) is 18.7 Å². The molecule has 2 aliphatic rings. The number of aromatic nitrogens is 3. The van der Waals surface area contributed by atoms with Gasteiger partial charge >= 0.3 is 17.1 Å². The van der Waals surface area contributed by atoms with Crippen molar-refractivity contribution in [2.24, 2.45) is 7.05 Å². The third-order valence-electron chi connectivity index (χ3n) is 3.22. The molecule has 8 heteroatoms. The Morgan fingerprint density at radius 3 is 2.28 bits per heavy atom. The summed E-state index contributed by atoms with van der Waals surface area (Å²) in [5.41, 5.74) is -1.77. The van der Waals surface area contributed by atoms with Crippen molar-refractivity contribution in [1.29, 1.82) is 0 Å². The van der Waals surface area contributed by atoms with E-state index in [1.54, 1.807) is 0 Å². The summed E-state index contributed by atoms with van der Waals surface area (Å²) in [6.45, 7) is 1.39. The van der Waals surface area contributed by atoms with Gasteiger partial charge in [0.05, 0.1) is 38.5 Å². The molecule has 0 radical (unpaired) electrons. The van der Waals surface area contributed by atoms with Crippen molar-refractivity contribution in [3.63, 3.8) is 0 Å². The molecular weight excluding hydrogens is 242 g/mol. The zero-order chi connectivity index (χ0) is 12.9. The van der Waals surface area contributed by atoms with E-state index in [1.807, 2.05) is 0 Å². The molecule has 18 heavy (non-hydrogen) atoms. The Labute approximate surface area is 101 Å². The lowest BCUT2D eigenvalue weighted by molar-refractivity contribution is -0.0287. The average Bonchev–Trinajstić information content (AvgIpc) is 3.09. The second-order valence-corrected chi connectivity index (χ2v) is 4.53. The Morgan fingerprint density at radius 2 is 1.78 bits per heavy atom. The van der Waals surface area contributed by atoms with Crippen molar-refractivity contribution >= 4 is 0 Å². The summed E-state index contributed by atoms with van der Waals surface area (Å²) in [6.07, 6.45) is -0.0982. The summed E-state index contributed by atoms with van der Waals surface area (Å²) in [7, 11) is 1.37. The van der Waals surface area contributed by atoms with Gasteiger partial charge in [-0.25, -0.2) is 28.1 Å². The first-order chi connectivity index (χ1) is 8.59. The highest BCUT2D eigenvalue weighted by Crippen LogP contribution is 2.12. The van der Waals surface area contributed by atoms with E-state index < -0.39 is 17.1 Å². The van der Waals surface area contributed by atoms with E-state index in [-0.39, 0.29) is 18.7 Å². The first-order valence-corrected chi connectivity index (χ1v) is 5.71. The van der Waals surface area contributed by atoms with Crippen molar-refractivity contribution in [3.05, 3.63) is 31.5 Å². The molecule has 0 aliphatic carbocycles. The molecule has 3 heterocycles. The van der Waals surface area contributed by atoms with Gasteiger partial charge in [0.1, 0.15) is 0 Å². The average molecular weight is 255 g/mol. The lowest BCUT2D eigenvalue weighted by Gasteiger charge is -2.27. The van der Waals surface area contributed by atoms with Gasteiger partial charge in [-0.1, -0.05) is 0 Å². The molecule has 0 bridgehead atoms. The van der Waals surface area contributed by atoms with Crippen LogP contribution in [0.5, 0.6) is 0 Å². The molecular formula is C10H13N3O5. The minimum atomic E-state index is -0.600. The summed E-state index contributed by atoms with van der Waals surface area (Å²) in [6, 6.07) is -0.275. The van der Waals surface area contributed by atoms with Gasteiger partial charge < -0.3 is 9.47 Å². The highest BCUT2D eigenvalue weighted by Gasteiger charge is 2.29. The van der Waals surface area contributed by atoms with Crippen LogP contribution in [0.1, 0.15) is 6.04 Å².